The van der Waals surface area contributed by atoms with Gasteiger partial charge in [0.05, 0.1) is 17.4 Å². The molecular weight excluding hydrogens is 377 g/mol. The van der Waals surface area contributed by atoms with Crippen LogP contribution in [0.2, 0.25) is 0 Å². The molecule has 0 aromatic carbocycles. The fourth-order valence-electron chi connectivity index (χ4n) is 3.26. The summed E-state index contributed by atoms with van der Waals surface area (Å²) >= 11 is 0. The Kier molecular flexibility index (Phi) is 5.92. The number of aryl methyl sites for hydroxylation is 1. The molecule has 1 unspecified atom stereocenters. The topological polar surface area (TPSA) is 139 Å². The Morgan fingerprint density at radius 1 is 1.28 bits per heavy atom. The van der Waals surface area contributed by atoms with Crippen LogP contribution in [0.25, 0.3) is 0 Å². The van der Waals surface area contributed by atoms with E-state index in [2.05, 4.69) is 20.6 Å². The lowest BCUT2D eigenvalue weighted by atomic mass is 10.00. The second-order valence-electron chi connectivity index (χ2n) is 7.12. The molecule has 29 heavy (non-hydrogen) atoms. The summed E-state index contributed by atoms with van der Waals surface area (Å²) < 4.78 is 14.6. The van der Waals surface area contributed by atoms with Gasteiger partial charge in [-0.05, 0) is 31.0 Å². The molecule has 0 bridgehead atoms. The minimum Gasteiger partial charge on any atom is -0.365 e. The fourth-order valence-corrected chi connectivity index (χ4v) is 3.26. The number of nitrogens with one attached hydrogen (secondary N) is 2. The van der Waals surface area contributed by atoms with E-state index in [9.17, 15) is 14.0 Å². The molecule has 1 aliphatic rings. The highest BCUT2D eigenvalue weighted by Crippen LogP contribution is 2.25. The molecule has 2 aromatic heterocycles. The minimum atomic E-state index is -0.808. The number of hydrogen-bond donors (Lipinski definition) is 4. The third-order valence-electron chi connectivity index (χ3n) is 4.80. The SMILES string of the molecule is CC(=O)N1CCC(Nc2nc(Nc3cncc(C)c3)c(C(N)=O)cc2F)[C@@H](N)C1. The Bertz CT molecular complexity index is 937. The van der Waals surface area contributed by atoms with Gasteiger partial charge in [-0.2, -0.15) is 0 Å². The number of halogens is 1. The van der Waals surface area contributed by atoms with Gasteiger partial charge < -0.3 is 27.0 Å². The maximum absolute atomic E-state index is 14.6. The number of anilines is 3. The average molecular weight is 401 g/mol. The van der Waals surface area contributed by atoms with Crippen LogP contribution in [0.4, 0.5) is 21.7 Å². The molecule has 0 aliphatic carbocycles. The van der Waals surface area contributed by atoms with Crippen LogP contribution in [-0.4, -0.2) is 51.9 Å². The molecule has 2 atom stereocenters. The molecule has 0 radical (unpaired) electrons. The number of aromatic nitrogens is 2. The summed E-state index contributed by atoms with van der Waals surface area (Å²) in [4.78, 5) is 33.3. The number of rotatable bonds is 5. The number of likely N-dealkylation sites (tertiary alicyclic amines) is 1. The van der Waals surface area contributed by atoms with Crippen molar-refractivity contribution in [3.63, 3.8) is 0 Å². The molecule has 0 spiro atoms. The highest BCUT2D eigenvalue weighted by Gasteiger charge is 2.29. The van der Waals surface area contributed by atoms with Crippen LogP contribution in [0.1, 0.15) is 29.3 Å². The van der Waals surface area contributed by atoms with E-state index in [1.165, 1.54) is 6.92 Å². The van der Waals surface area contributed by atoms with E-state index in [1.54, 1.807) is 17.3 Å². The van der Waals surface area contributed by atoms with Gasteiger partial charge in [0.25, 0.3) is 5.91 Å². The number of carbonyl (C=O) groups is 2. The zero-order chi connectivity index (χ0) is 21.1. The molecule has 2 amide bonds. The zero-order valence-electron chi connectivity index (χ0n) is 16.3. The smallest absolute Gasteiger partial charge is 0.252 e. The molecule has 3 heterocycles. The van der Waals surface area contributed by atoms with Crippen molar-refractivity contribution in [3.05, 3.63) is 41.5 Å². The second-order valence-corrected chi connectivity index (χ2v) is 7.12. The number of primary amides is 1. The average Bonchev–Trinajstić information content (AvgIpc) is 2.65. The number of hydrogen-bond acceptors (Lipinski definition) is 7. The summed E-state index contributed by atoms with van der Waals surface area (Å²) in [7, 11) is 0. The van der Waals surface area contributed by atoms with Crippen LogP contribution in [0.5, 0.6) is 0 Å². The minimum absolute atomic E-state index is 0.0464. The molecule has 3 rings (SSSR count). The Morgan fingerprint density at radius 3 is 2.66 bits per heavy atom. The lowest BCUT2D eigenvalue weighted by Crippen LogP contribution is -2.55. The molecule has 0 saturated carbocycles. The maximum atomic E-state index is 14.6. The second kappa shape index (κ2) is 8.39. The number of nitrogens with zero attached hydrogens (tertiary/aromatic N) is 3. The molecular formula is C19H24FN7O2. The van der Waals surface area contributed by atoms with E-state index in [0.717, 1.165) is 11.6 Å². The lowest BCUT2D eigenvalue weighted by molar-refractivity contribution is -0.130. The van der Waals surface area contributed by atoms with Gasteiger partial charge >= 0.3 is 0 Å². The summed E-state index contributed by atoms with van der Waals surface area (Å²) in [6.45, 7) is 4.24. The molecule has 2 aromatic rings. The van der Waals surface area contributed by atoms with Crippen LogP contribution >= 0.6 is 0 Å². The number of carbonyl (C=O) groups excluding carboxylic acids is 2. The van der Waals surface area contributed by atoms with Crippen LogP contribution in [0.15, 0.2) is 24.5 Å². The summed E-state index contributed by atoms with van der Waals surface area (Å²) in [6.07, 6.45) is 3.79. The van der Waals surface area contributed by atoms with Gasteiger partial charge in [-0.1, -0.05) is 0 Å². The molecule has 6 N–H and O–H groups in total. The Labute approximate surface area is 167 Å². The zero-order valence-corrected chi connectivity index (χ0v) is 16.3. The van der Waals surface area contributed by atoms with Crippen molar-refractivity contribution in [3.8, 4) is 0 Å². The van der Waals surface area contributed by atoms with E-state index < -0.39 is 11.7 Å². The highest BCUT2D eigenvalue weighted by atomic mass is 19.1. The normalized spacial score (nSPS) is 19.0. The van der Waals surface area contributed by atoms with Crippen molar-refractivity contribution in [2.24, 2.45) is 11.5 Å². The first kappa shape index (κ1) is 20.5. The molecule has 1 fully saturated rings. The summed E-state index contributed by atoms with van der Waals surface area (Å²) in [5.74, 6) is -1.50. The first-order valence-corrected chi connectivity index (χ1v) is 9.21. The molecule has 9 nitrogen and oxygen atoms in total. The Morgan fingerprint density at radius 2 is 2.03 bits per heavy atom. The predicted molar refractivity (Wildman–Crippen MR) is 107 cm³/mol. The summed E-state index contributed by atoms with van der Waals surface area (Å²) in [5, 5.41) is 5.97. The van der Waals surface area contributed by atoms with Gasteiger partial charge in [0.15, 0.2) is 11.6 Å². The van der Waals surface area contributed by atoms with Crippen molar-refractivity contribution < 1.29 is 14.0 Å². The maximum Gasteiger partial charge on any atom is 0.252 e. The predicted octanol–water partition coefficient (Wildman–Crippen LogP) is 1.13. The van der Waals surface area contributed by atoms with Crippen LogP contribution in [-0.2, 0) is 4.79 Å². The number of pyridine rings is 2. The van der Waals surface area contributed by atoms with Crippen molar-refractivity contribution >= 4 is 29.1 Å². The number of piperidine rings is 1. The monoisotopic (exact) mass is 401 g/mol. The van der Waals surface area contributed by atoms with E-state index in [4.69, 9.17) is 11.5 Å². The van der Waals surface area contributed by atoms with Crippen molar-refractivity contribution in [1.29, 1.82) is 0 Å². The number of amides is 2. The molecule has 154 valence electrons. The van der Waals surface area contributed by atoms with Gasteiger partial charge in [0, 0.05) is 38.3 Å². The lowest BCUT2D eigenvalue weighted by Gasteiger charge is -2.36. The van der Waals surface area contributed by atoms with Crippen molar-refractivity contribution in [2.45, 2.75) is 32.4 Å². The first-order valence-electron chi connectivity index (χ1n) is 9.21. The van der Waals surface area contributed by atoms with E-state index >= 15 is 0 Å². The molecule has 1 saturated heterocycles. The van der Waals surface area contributed by atoms with Crippen LogP contribution in [0.3, 0.4) is 0 Å². The van der Waals surface area contributed by atoms with Gasteiger partial charge in [0.1, 0.15) is 5.82 Å². The Balaban J connectivity index is 1.86. The van der Waals surface area contributed by atoms with Gasteiger partial charge in [-0.25, -0.2) is 9.37 Å². The van der Waals surface area contributed by atoms with Crippen LogP contribution in [0, 0.1) is 12.7 Å². The number of nitrogens with two attached hydrogens (primary N) is 2. The van der Waals surface area contributed by atoms with Gasteiger partial charge in [-0.3, -0.25) is 14.6 Å². The third kappa shape index (κ3) is 4.77. The first-order chi connectivity index (χ1) is 13.7. The van der Waals surface area contributed by atoms with Gasteiger partial charge in [0.2, 0.25) is 5.91 Å². The molecule has 10 heteroatoms. The fraction of sp³-hybridized carbons (Fsp3) is 0.368. The third-order valence-corrected chi connectivity index (χ3v) is 4.80. The molecule has 1 aliphatic heterocycles. The van der Waals surface area contributed by atoms with Crippen molar-refractivity contribution in [2.75, 3.05) is 23.7 Å². The highest BCUT2D eigenvalue weighted by molar-refractivity contribution is 5.98. The van der Waals surface area contributed by atoms with E-state index in [1.807, 2.05) is 13.0 Å². The standard InChI is InChI=1S/C19H24FN7O2/c1-10-5-12(8-23-7-10)24-18-13(17(22)29)6-14(20)19(26-18)25-16-3-4-27(11(2)28)9-15(16)21/h5-8,15-16H,3-4,9,21H2,1-2H3,(H2,22,29)(H2,24,25,26)/t15-,16?/m0/s1. The van der Waals surface area contributed by atoms with Crippen LogP contribution < -0.4 is 22.1 Å². The van der Waals surface area contributed by atoms with Crippen molar-refractivity contribution in [1.82, 2.24) is 14.9 Å². The summed E-state index contributed by atoms with van der Waals surface area (Å²) in [5.41, 5.74) is 13.0. The van der Waals surface area contributed by atoms with Gasteiger partial charge in [-0.15, -0.1) is 0 Å². The Hall–Kier alpha value is -3.27. The largest absolute Gasteiger partial charge is 0.365 e. The summed E-state index contributed by atoms with van der Waals surface area (Å²) in [6, 6.07) is 2.19. The quantitative estimate of drug-likeness (QED) is 0.589. The van der Waals surface area contributed by atoms with E-state index in [0.29, 0.717) is 25.2 Å². The van der Waals surface area contributed by atoms with E-state index in [-0.39, 0.29) is 35.2 Å².